The second-order valence-electron chi connectivity index (χ2n) is 3.81. The highest BCUT2D eigenvalue weighted by molar-refractivity contribution is 6.05. The SMILES string of the molecule is Cc1ccc(NC(=O)c2ccncc2O)cc1F. The Hall–Kier alpha value is -2.43. The van der Waals surface area contributed by atoms with Gasteiger partial charge in [-0.3, -0.25) is 9.78 Å². The van der Waals surface area contributed by atoms with Crippen molar-refractivity contribution in [3.8, 4) is 5.75 Å². The Morgan fingerprint density at radius 2 is 2.17 bits per heavy atom. The van der Waals surface area contributed by atoms with Crippen LogP contribution in [-0.2, 0) is 0 Å². The number of rotatable bonds is 2. The van der Waals surface area contributed by atoms with E-state index in [1.807, 2.05) is 0 Å². The first kappa shape index (κ1) is 12.0. The zero-order chi connectivity index (χ0) is 13.1. The third kappa shape index (κ3) is 2.45. The standard InChI is InChI=1S/C13H11FN2O2/c1-8-2-3-9(6-11(8)14)16-13(18)10-4-5-15-7-12(10)17/h2-7,17H,1H3,(H,16,18). The molecule has 0 aliphatic carbocycles. The summed E-state index contributed by atoms with van der Waals surface area (Å²) in [4.78, 5) is 15.5. The predicted molar refractivity (Wildman–Crippen MR) is 65.0 cm³/mol. The van der Waals surface area contributed by atoms with Crippen LogP contribution >= 0.6 is 0 Å². The van der Waals surface area contributed by atoms with E-state index in [1.54, 1.807) is 19.1 Å². The molecule has 92 valence electrons. The van der Waals surface area contributed by atoms with Gasteiger partial charge in [-0.15, -0.1) is 0 Å². The molecule has 2 aromatic rings. The van der Waals surface area contributed by atoms with Crippen LogP contribution in [0.2, 0.25) is 0 Å². The van der Waals surface area contributed by atoms with Crippen LogP contribution in [0.25, 0.3) is 0 Å². The average molecular weight is 246 g/mol. The fraction of sp³-hybridized carbons (Fsp3) is 0.0769. The van der Waals surface area contributed by atoms with Crippen molar-refractivity contribution in [2.75, 3.05) is 5.32 Å². The van der Waals surface area contributed by atoms with Crippen molar-refractivity contribution in [1.29, 1.82) is 0 Å². The van der Waals surface area contributed by atoms with Crippen molar-refractivity contribution in [3.63, 3.8) is 0 Å². The number of carbonyl (C=O) groups excluding carboxylic acids is 1. The summed E-state index contributed by atoms with van der Waals surface area (Å²) >= 11 is 0. The molecule has 2 N–H and O–H groups in total. The zero-order valence-corrected chi connectivity index (χ0v) is 9.64. The number of aromatic nitrogens is 1. The summed E-state index contributed by atoms with van der Waals surface area (Å²) in [6.07, 6.45) is 2.56. The normalized spacial score (nSPS) is 10.1. The van der Waals surface area contributed by atoms with E-state index in [2.05, 4.69) is 10.3 Å². The van der Waals surface area contributed by atoms with Crippen LogP contribution in [0.5, 0.6) is 5.75 Å². The van der Waals surface area contributed by atoms with Crippen LogP contribution in [0.15, 0.2) is 36.7 Å². The van der Waals surface area contributed by atoms with E-state index in [0.717, 1.165) is 0 Å². The minimum absolute atomic E-state index is 0.0889. The number of hydrogen-bond acceptors (Lipinski definition) is 3. The van der Waals surface area contributed by atoms with Crippen molar-refractivity contribution >= 4 is 11.6 Å². The van der Waals surface area contributed by atoms with Crippen molar-refractivity contribution in [2.45, 2.75) is 6.92 Å². The molecule has 0 atom stereocenters. The van der Waals surface area contributed by atoms with E-state index in [9.17, 15) is 14.3 Å². The van der Waals surface area contributed by atoms with Gasteiger partial charge in [0.15, 0.2) is 0 Å². The van der Waals surface area contributed by atoms with E-state index >= 15 is 0 Å². The average Bonchev–Trinajstić information content (AvgIpc) is 2.34. The maximum Gasteiger partial charge on any atom is 0.259 e. The molecule has 1 aromatic carbocycles. The number of anilines is 1. The number of hydrogen-bond donors (Lipinski definition) is 2. The molecule has 2 rings (SSSR count). The number of aromatic hydroxyl groups is 1. The zero-order valence-electron chi connectivity index (χ0n) is 9.64. The number of aryl methyl sites for hydroxylation is 1. The van der Waals surface area contributed by atoms with Gasteiger partial charge in [-0.05, 0) is 30.7 Å². The molecular weight excluding hydrogens is 235 g/mol. The largest absolute Gasteiger partial charge is 0.505 e. The van der Waals surface area contributed by atoms with E-state index in [1.165, 1.54) is 24.5 Å². The van der Waals surface area contributed by atoms with Gasteiger partial charge in [-0.25, -0.2) is 4.39 Å². The van der Waals surface area contributed by atoms with Crippen molar-refractivity contribution < 1.29 is 14.3 Å². The number of nitrogens with zero attached hydrogens (tertiary/aromatic N) is 1. The summed E-state index contributed by atoms with van der Waals surface area (Å²) < 4.78 is 13.3. The summed E-state index contributed by atoms with van der Waals surface area (Å²) in [6, 6.07) is 5.77. The highest BCUT2D eigenvalue weighted by Crippen LogP contribution is 2.18. The first-order chi connectivity index (χ1) is 8.58. The van der Waals surface area contributed by atoms with Crippen LogP contribution in [0.1, 0.15) is 15.9 Å². The molecule has 0 saturated heterocycles. The maximum atomic E-state index is 13.3. The molecular formula is C13H11FN2O2. The second-order valence-corrected chi connectivity index (χ2v) is 3.81. The fourth-order valence-electron chi connectivity index (χ4n) is 1.45. The van der Waals surface area contributed by atoms with Crippen LogP contribution in [0.3, 0.4) is 0 Å². The Morgan fingerprint density at radius 1 is 1.39 bits per heavy atom. The lowest BCUT2D eigenvalue weighted by atomic mass is 10.2. The third-order valence-electron chi connectivity index (χ3n) is 2.47. The summed E-state index contributed by atoms with van der Waals surface area (Å²) in [5, 5.41) is 12.0. The maximum absolute atomic E-state index is 13.3. The Morgan fingerprint density at radius 3 is 2.83 bits per heavy atom. The Bertz CT molecular complexity index is 599. The number of carbonyl (C=O) groups is 1. The van der Waals surface area contributed by atoms with Crippen LogP contribution < -0.4 is 5.32 Å². The van der Waals surface area contributed by atoms with Crippen molar-refractivity contribution in [1.82, 2.24) is 4.98 Å². The number of amides is 1. The highest BCUT2D eigenvalue weighted by Gasteiger charge is 2.11. The number of nitrogens with one attached hydrogen (secondary N) is 1. The highest BCUT2D eigenvalue weighted by atomic mass is 19.1. The Kier molecular flexibility index (Phi) is 3.23. The molecule has 18 heavy (non-hydrogen) atoms. The summed E-state index contributed by atoms with van der Waals surface area (Å²) in [5.74, 6) is -1.13. The van der Waals surface area contributed by atoms with Gasteiger partial charge >= 0.3 is 0 Å². The van der Waals surface area contributed by atoms with Crippen LogP contribution in [-0.4, -0.2) is 16.0 Å². The molecule has 0 aliphatic heterocycles. The van der Waals surface area contributed by atoms with Gasteiger partial charge in [-0.1, -0.05) is 6.07 Å². The van der Waals surface area contributed by atoms with E-state index in [0.29, 0.717) is 11.3 Å². The molecule has 1 aromatic heterocycles. The molecule has 0 bridgehead atoms. The summed E-state index contributed by atoms with van der Waals surface area (Å²) in [7, 11) is 0. The third-order valence-corrected chi connectivity index (χ3v) is 2.47. The topological polar surface area (TPSA) is 62.2 Å². The molecule has 1 heterocycles. The van der Waals surface area contributed by atoms with Gasteiger partial charge in [0.05, 0.1) is 11.8 Å². The van der Waals surface area contributed by atoms with Crippen LogP contribution in [0, 0.1) is 12.7 Å². The summed E-state index contributed by atoms with van der Waals surface area (Å²) in [5.41, 5.74) is 0.921. The quantitative estimate of drug-likeness (QED) is 0.855. The Labute approximate surface area is 103 Å². The minimum Gasteiger partial charge on any atom is -0.505 e. The molecule has 5 heteroatoms. The Balaban J connectivity index is 2.22. The van der Waals surface area contributed by atoms with Crippen molar-refractivity contribution in [2.24, 2.45) is 0 Å². The van der Waals surface area contributed by atoms with Crippen molar-refractivity contribution in [3.05, 3.63) is 53.6 Å². The lowest BCUT2D eigenvalue weighted by Crippen LogP contribution is -2.12. The first-order valence-corrected chi connectivity index (χ1v) is 5.28. The lowest BCUT2D eigenvalue weighted by molar-refractivity contribution is 0.102. The molecule has 0 fully saturated rings. The first-order valence-electron chi connectivity index (χ1n) is 5.28. The molecule has 0 radical (unpaired) electrons. The van der Waals surface area contributed by atoms with Gasteiger partial charge in [0.2, 0.25) is 0 Å². The molecule has 4 nitrogen and oxygen atoms in total. The number of benzene rings is 1. The van der Waals surface area contributed by atoms with E-state index in [-0.39, 0.29) is 11.3 Å². The molecule has 0 spiro atoms. The van der Waals surface area contributed by atoms with Gasteiger partial charge in [-0.2, -0.15) is 0 Å². The fourth-order valence-corrected chi connectivity index (χ4v) is 1.45. The van der Waals surface area contributed by atoms with Gasteiger partial charge in [0.25, 0.3) is 5.91 Å². The number of pyridine rings is 1. The van der Waals surface area contributed by atoms with Gasteiger partial charge in [0, 0.05) is 11.9 Å². The second kappa shape index (κ2) is 4.83. The van der Waals surface area contributed by atoms with E-state index in [4.69, 9.17) is 0 Å². The smallest absolute Gasteiger partial charge is 0.259 e. The molecule has 0 saturated carbocycles. The van der Waals surface area contributed by atoms with Gasteiger partial charge in [0.1, 0.15) is 11.6 Å². The lowest BCUT2D eigenvalue weighted by Gasteiger charge is -2.07. The molecule has 0 unspecified atom stereocenters. The molecule has 0 aliphatic rings. The predicted octanol–water partition coefficient (Wildman–Crippen LogP) is 2.49. The van der Waals surface area contributed by atoms with Gasteiger partial charge < -0.3 is 10.4 Å². The monoisotopic (exact) mass is 246 g/mol. The molecule has 1 amide bonds. The van der Waals surface area contributed by atoms with E-state index < -0.39 is 11.7 Å². The minimum atomic E-state index is -0.516. The van der Waals surface area contributed by atoms with Crippen LogP contribution in [0.4, 0.5) is 10.1 Å². The summed E-state index contributed by atoms with van der Waals surface area (Å²) in [6.45, 7) is 1.63. The number of halogens is 1.